The van der Waals surface area contributed by atoms with Crippen molar-refractivity contribution in [2.45, 2.75) is 43.9 Å². The van der Waals surface area contributed by atoms with E-state index in [2.05, 4.69) is 33.3 Å². The maximum absolute atomic E-state index is 6.26. The summed E-state index contributed by atoms with van der Waals surface area (Å²) in [4.78, 5) is 5.30. The molecule has 1 aromatic carbocycles. The van der Waals surface area contributed by atoms with Crippen molar-refractivity contribution in [3.63, 3.8) is 0 Å². The Morgan fingerprint density at radius 3 is 2.77 bits per heavy atom. The van der Waals surface area contributed by atoms with Crippen LogP contribution < -0.4 is 10.1 Å². The highest BCUT2D eigenvalue weighted by Crippen LogP contribution is 2.35. The second-order valence-corrected chi connectivity index (χ2v) is 8.09. The Balaban J connectivity index is 1.29. The van der Waals surface area contributed by atoms with Crippen LogP contribution in [0.4, 0.5) is 0 Å². The first-order valence-corrected chi connectivity index (χ1v) is 10.2. The molecule has 3 aliphatic heterocycles. The molecule has 3 aliphatic rings. The number of ether oxygens (including phenoxy) is 2. The Labute approximate surface area is 157 Å². The molecule has 3 saturated heterocycles. The highest BCUT2D eigenvalue weighted by Gasteiger charge is 2.40. The Hall–Kier alpha value is -1.14. The maximum atomic E-state index is 6.26. The third-order valence-corrected chi connectivity index (χ3v) is 6.45. The maximum Gasteiger partial charge on any atom is 0.119 e. The summed E-state index contributed by atoms with van der Waals surface area (Å²) in [6.07, 6.45) is 4.79. The van der Waals surface area contributed by atoms with Gasteiger partial charge in [0.1, 0.15) is 5.75 Å². The van der Waals surface area contributed by atoms with E-state index in [1.807, 2.05) is 6.07 Å². The van der Waals surface area contributed by atoms with Gasteiger partial charge in [-0.05, 0) is 56.5 Å². The third-order valence-electron chi connectivity index (χ3n) is 6.45. The molecule has 0 aromatic heterocycles. The Bertz CT molecular complexity index is 575. The van der Waals surface area contributed by atoms with E-state index in [1.54, 1.807) is 7.11 Å². The highest BCUT2D eigenvalue weighted by atomic mass is 16.5. The SMILES string of the molecule is COc1cccc(CN2CCN(C3CCOC4(CCNCC4)C3)CC2)c1. The van der Waals surface area contributed by atoms with Crippen molar-refractivity contribution in [3.8, 4) is 5.75 Å². The van der Waals surface area contributed by atoms with Gasteiger partial charge in [0, 0.05) is 45.4 Å². The van der Waals surface area contributed by atoms with Crippen molar-refractivity contribution < 1.29 is 9.47 Å². The molecule has 0 amide bonds. The van der Waals surface area contributed by atoms with Crippen LogP contribution >= 0.6 is 0 Å². The van der Waals surface area contributed by atoms with Crippen LogP contribution in [0.5, 0.6) is 5.75 Å². The Morgan fingerprint density at radius 2 is 2.00 bits per heavy atom. The van der Waals surface area contributed by atoms with Gasteiger partial charge in [-0.1, -0.05) is 12.1 Å². The van der Waals surface area contributed by atoms with E-state index in [0.29, 0.717) is 6.04 Å². The average molecular weight is 360 g/mol. The summed E-state index contributed by atoms with van der Waals surface area (Å²) < 4.78 is 11.6. The largest absolute Gasteiger partial charge is 0.497 e. The second-order valence-electron chi connectivity index (χ2n) is 8.09. The zero-order valence-corrected chi connectivity index (χ0v) is 16.1. The van der Waals surface area contributed by atoms with Gasteiger partial charge >= 0.3 is 0 Å². The zero-order valence-electron chi connectivity index (χ0n) is 16.1. The van der Waals surface area contributed by atoms with Crippen LogP contribution in [0.15, 0.2) is 24.3 Å². The normalized spacial score (nSPS) is 27.5. The number of piperidine rings is 1. The summed E-state index contributed by atoms with van der Waals surface area (Å²) in [6, 6.07) is 9.18. The first kappa shape index (κ1) is 18.2. The predicted octanol–water partition coefficient (Wildman–Crippen LogP) is 2.11. The van der Waals surface area contributed by atoms with E-state index in [9.17, 15) is 0 Å². The quantitative estimate of drug-likeness (QED) is 0.891. The fourth-order valence-corrected chi connectivity index (χ4v) is 4.86. The summed E-state index contributed by atoms with van der Waals surface area (Å²) in [7, 11) is 1.74. The highest BCUT2D eigenvalue weighted by molar-refractivity contribution is 5.28. The Morgan fingerprint density at radius 1 is 1.19 bits per heavy atom. The molecule has 0 bridgehead atoms. The third kappa shape index (κ3) is 4.22. The van der Waals surface area contributed by atoms with Crippen LogP contribution in [0.2, 0.25) is 0 Å². The summed E-state index contributed by atoms with van der Waals surface area (Å²) in [6.45, 7) is 8.86. The van der Waals surface area contributed by atoms with Crippen LogP contribution in [-0.4, -0.2) is 74.4 Å². The number of nitrogens with one attached hydrogen (secondary N) is 1. The van der Waals surface area contributed by atoms with Crippen LogP contribution in [-0.2, 0) is 11.3 Å². The van der Waals surface area contributed by atoms with E-state index in [-0.39, 0.29) is 5.60 Å². The van der Waals surface area contributed by atoms with E-state index in [4.69, 9.17) is 9.47 Å². The molecular formula is C21H33N3O2. The molecule has 144 valence electrons. The lowest BCUT2D eigenvalue weighted by molar-refractivity contribution is -0.123. The molecule has 3 heterocycles. The van der Waals surface area contributed by atoms with Gasteiger partial charge in [-0.25, -0.2) is 0 Å². The molecular weight excluding hydrogens is 326 g/mol. The molecule has 1 atom stereocenters. The molecule has 1 spiro atoms. The number of piperazine rings is 1. The van der Waals surface area contributed by atoms with Crippen LogP contribution in [0.25, 0.3) is 0 Å². The summed E-state index contributed by atoms with van der Waals surface area (Å²) in [5.41, 5.74) is 1.50. The number of benzene rings is 1. The van der Waals surface area contributed by atoms with Crippen LogP contribution in [0.1, 0.15) is 31.2 Å². The second kappa shape index (κ2) is 8.26. The van der Waals surface area contributed by atoms with E-state index in [1.165, 1.54) is 44.3 Å². The number of nitrogens with zero attached hydrogens (tertiary/aromatic N) is 2. The van der Waals surface area contributed by atoms with Crippen molar-refractivity contribution >= 4 is 0 Å². The van der Waals surface area contributed by atoms with Gasteiger partial charge in [0.05, 0.1) is 12.7 Å². The average Bonchev–Trinajstić information content (AvgIpc) is 2.69. The fraction of sp³-hybridized carbons (Fsp3) is 0.714. The van der Waals surface area contributed by atoms with Gasteiger partial charge in [-0.3, -0.25) is 9.80 Å². The monoisotopic (exact) mass is 359 g/mol. The molecule has 1 aromatic rings. The summed E-state index contributed by atoms with van der Waals surface area (Å²) in [5, 5.41) is 3.48. The smallest absolute Gasteiger partial charge is 0.119 e. The van der Waals surface area contributed by atoms with Gasteiger partial charge in [0.2, 0.25) is 0 Å². The number of hydrogen-bond acceptors (Lipinski definition) is 5. The van der Waals surface area contributed by atoms with Crippen molar-refractivity contribution in [3.05, 3.63) is 29.8 Å². The number of hydrogen-bond donors (Lipinski definition) is 1. The summed E-state index contributed by atoms with van der Waals surface area (Å²) >= 11 is 0. The minimum Gasteiger partial charge on any atom is -0.497 e. The lowest BCUT2D eigenvalue weighted by atomic mass is 9.82. The number of rotatable bonds is 4. The lowest BCUT2D eigenvalue weighted by Gasteiger charge is -2.48. The molecule has 5 heteroatoms. The lowest BCUT2D eigenvalue weighted by Crippen LogP contribution is -2.56. The van der Waals surface area contributed by atoms with Gasteiger partial charge in [0.15, 0.2) is 0 Å². The van der Waals surface area contributed by atoms with E-state index >= 15 is 0 Å². The standard InChI is InChI=1S/C21H33N3O2/c1-25-20-4-2-3-18(15-20)17-23-10-12-24(13-11-23)19-5-14-26-21(16-19)6-8-22-9-7-21/h2-4,15,19,22H,5-14,16-17H2,1H3. The molecule has 0 saturated carbocycles. The van der Waals surface area contributed by atoms with E-state index < -0.39 is 0 Å². The van der Waals surface area contributed by atoms with Gasteiger partial charge in [0.25, 0.3) is 0 Å². The van der Waals surface area contributed by atoms with Crippen molar-refractivity contribution in [2.24, 2.45) is 0 Å². The summed E-state index contributed by atoms with van der Waals surface area (Å²) in [5.74, 6) is 0.954. The van der Waals surface area contributed by atoms with Crippen molar-refractivity contribution in [2.75, 3.05) is 53.0 Å². The molecule has 5 nitrogen and oxygen atoms in total. The topological polar surface area (TPSA) is 37.0 Å². The van der Waals surface area contributed by atoms with Gasteiger partial charge in [-0.15, -0.1) is 0 Å². The first-order valence-electron chi connectivity index (χ1n) is 10.2. The van der Waals surface area contributed by atoms with Crippen molar-refractivity contribution in [1.29, 1.82) is 0 Å². The van der Waals surface area contributed by atoms with Crippen molar-refractivity contribution in [1.82, 2.24) is 15.1 Å². The molecule has 3 fully saturated rings. The van der Waals surface area contributed by atoms with Gasteiger partial charge < -0.3 is 14.8 Å². The molecule has 26 heavy (non-hydrogen) atoms. The minimum atomic E-state index is 0.159. The first-order chi connectivity index (χ1) is 12.8. The minimum absolute atomic E-state index is 0.159. The molecule has 0 radical (unpaired) electrons. The predicted molar refractivity (Wildman–Crippen MR) is 104 cm³/mol. The molecule has 0 aliphatic carbocycles. The fourth-order valence-electron chi connectivity index (χ4n) is 4.86. The number of methoxy groups -OCH3 is 1. The Kier molecular flexibility index (Phi) is 5.79. The zero-order chi connectivity index (χ0) is 17.8. The molecule has 1 unspecified atom stereocenters. The molecule has 4 rings (SSSR count). The van der Waals surface area contributed by atoms with Crippen LogP contribution in [0, 0.1) is 0 Å². The van der Waals surface area contributed by atoms with Gasteiger partial charge in [-0.2, -0.15) is 0 Å². The van der Waals surface area contributed by atoms with E-state index in [0.717, 1.165) is 45.1 Å². The molecule has 1 N–H and O–H groups in total. The van der Waals surface area contributed by atoms with Crippen LogP contribution in [0.3, 0.4) is 0 Å².